The van der Waals surface area contributed by atoms with Gasteiger partial charge in [-0.2, -0.15) is 0 Å². The van der Waals surface area contributed by atoms with Gasteiger partial charge >= 0.3 is 5.97 Å². The topological polar surface area (TPSA) is 55.4 Å². The number of rotatable bonds is 8. The Morgan fingerprint density at radius 3 is 2.52 bits per heavy atom. The first-order valence-electron chi connectivity index (χ1n) is 7.58. The molecule has 132 valence electrons. The first kappa shape index (κ1) is 19.6. The second-order valence-electron chi connectivity index (χ2n) is 5.13. The Labute approximate surface area is 160 Å². The van der Waals surface area contributed by atoms with Crippen molar-refractivity contribution in [1.29, 1.82) is 0 Å². The summed E-state index contributed by atoms with van der Waals surface area (Å²) in [7, 11) is 0. The minimum atomic E-state index is -0.440. The molecule has 0 spiro atoms. The predicted octanol–water partition coefficient (Wildman–Crippen LogP) is 3.99. The molecular weight excluding hydrogens is 381 g/mol. The molecule has 0 unspecified atom stereocenters. The molecule has 0 aliphatic carbocycles. The van der Waals surface area contributed by atoms with Gasteiger partial charge < -0.3 is 10.1 Å². The second-order valence-corrected chi connectivity index (χ2v) is 7.05. The summed E-state index contributed by atoms with van der Waals surface area (Å²) < 4.78 is 4.95. The largest absolute Gasteiger partial charge is 0.455 e. The van der Waals surface area contributed by atoms with Crippen molar-refractivity contribution in [3.63, 3.8) is 0 Å². The lowest BCUT2D eigenvalue weighted by Gasteiger charge is -2.07. The van der Waals surface area contributed by atoms with Gasteiger partial charge in [0.1, 0.15) is 0 Å². The van der Waals surface area contributed by atoms with Crippen LogP contribution in [0.2, 0.25) is 10.0 Å². The van der Waals surface area contributed by atoms with Crippen molar-refractivity contribution < 1.29 is 14.3 Å². The van der Waals surface area contributed by atoms with Gasteiger partial charge in [0.25, 0.3) is 5.91 Å². The van der Waals surface area contributed by atoms with E-state index in [1.54, 1.807) is 18.2 Å². The molecule has 0 aromatic heterocycles. The number of benzene rings is 2. The maximum atomic E-state index is 11.7. The minimum absolute atomic E-state index is 0.136. The maximum Gasteiger partial charge on any atom is 0.316 e. The Morgan fingerprint density at radius 1 is 1.04 bits per heavy atom. The van der Waals surface area contributed by atoms with Crippen molar-refractivity contribution >= 4 is 46.8 Å². The Kier molecular flexibility index (Phi) is 8.12. The van der Waals surface area contributed by atoms with Gasteiger partial charge in [-0.3, -0.25) is 9.59 Å². The van der Waals surface area contributed by atoms with Crippen molar-refractivity contribution in [3.8, 4) is 0 Å². The first-order valence-corrected chi connectivity index (χ1v) is 9.32. The zero-order valence-corrected chi connectivity index (χ0v) is 15.7. The van der Waals surface area contributed by atoms with E-state index in [1.807, 2.05) is 30.3 Å². The summed E-state index contributed by atoms with van der Waals surface area (Å²) in [6.45, 7) is 0.172. The van der Waals surface area contributed by atoms with Crippen LogP contribution in [-0.2, 0) is 20.7 Å². The Balaban J connectivity index is 1.60. The summed E-state index contributed by atoms with van der Waals surface area (Å²) in [4.78, 5) is 24.2. The highest BCUT2D eigenvalue weighted by molar-refractivity contribution is 8.00. The van der Waals surface area contributed by atoms with Crippen molar-refractivity contribution in [1.82, 2.24) is 5.32 Å². The molecule has 2 rings (SSSR count). The van der Waals surface area contributed by atoms with Crippen molar-refractivity contribution in [2.45, 2.75) is 11.3 Å². The Morgan fingerprint density at radius 2 is 1.80 bits per heavy atom. The highest BCUT2D eigenvalue weighted by Crippen LogP contribution is 2.20. The standard InChI is InChI=1S/C18H17Cl2NO3S/c19-14-4-6-16(7-5-14)25-12-18(23)24-11-17(22)21-9-8-13-2-1-3-15(20)10-13/h1-7,10H,8-9,11-12H2,(H,21,22). The molecule has 0 aliphatic rings. The fourth-order valence-corrected chi connectivity index (χ4v) is 2.99. The maximum absolute atomic E-state index is 11.7. The summed E-state index contributed by atoms with van der Waals surface area (Å²) in [5.41, 5.74) is 1.03. The summed E-state index contributed by atoms with van der Waals surface area (Å²) in [6, 6.07) is 14.6. The van der Waals surface area contributed by atoms with E-state index in [2.05, 4.69) is 5.32 Å². The number of amides is 1. The molecule has 0 saturated carbocycles. The van der Waals surface area contributed by atoms with Crippen LogP contribution in [0.25, 0.3) is 0 Å². The third-order valence-corrected chi connectivity index (χ3v) is 4.63. The van der Waals surface area contributed by atoms with Crippen molar-refractivity contribution in [3.05, 3.63) is 64.1 Å². The normalized spacial score (nSPS) is 10.3. The number of hydrogen-bond donors (Lipinski definition) is 1. The highest BCUT2D eigenvalue weighted by Gasteiger charge is 2.08. The summed E-state index contributed by atoms with van der Waals surface area (Å²) in [5, 5.41) is 4.01. The van der Waals surface area contributed by atoms with E-state index in [9.17, 15) is 9.59 Å². The molecule has 0 bridgehead atoms. The number of nitrogens with one attached hydrogen (secondary N) is 1. The molecule has 0 aliphatic heterocycles. The molecule has 0 radical (unpaired) electrons. The van der Waals surface area contributed by atoms with Gasteiger partial charge in [0, 0.05) is 21.5 Å². The molecule has 7 heteroatoms. The molecule has 0 heterocycles. The summed E-state index contributed by atoms with van der Waals surface area (Å²) >= 11 is 13.0. The van der Waals surface area contributed by atoms with Crippen LogP contribution in [-0.4, -0.2) is 30.8 Å². The van der Waals surface area contributed by atoms with E-state index in [4.69, 9.17) is 27.9 Å². The molecule has 0 saturated heterocycles. The van der Waals surface area contributed by atoms with E-state index in [1.165, 1.54) is 11.8 Å². The van der Waals surface area contributed by atoms with Gasteiger partial charge in [-0.05, 0) is 48.4 Å². The Bertz CT molecular complexity index is 723. The first-order chi connectivity index (χ1) is 12.0. The number of carbonyl (C=O) groups excluding carboxylic acids is 2. The lowest BCUT2D eigenvalue weighted by atomic mass is 10.1. The summed E-state index contributed by atoms with van der Waals surface area (Å²) in [5.74, 6) is -0.631. The highest BCUT2D eigenvalue weighted by atomic mass is 35.5. The molecule has 25 heavy (non-hydrogen) atoms. The average Bonchev–Trinajstić information content (AvgIpc) is 2.59. The van der Waals surface area contributed by atoms with E-state index in [0.717, 1.165) is 10.5 Å². The zero-order valence-electron chi connectivity index (χ0n) is 13.3. The SMILES string of the molecule is O=C(COC(=O)CSc1ccc(Cl)cc1)NCCc1cccc(Cl)c1. The molecule has 1 N–H and O–H groups in total. The van der Waals surface area contributed by atoms with Crippen LogP contribution in [0.5, 0.6) is 0 Å². The van der Waals surface area contributed by atoms with Gasteiger partial charge in [0.05, 0.1) is 5.75 Å². The van der Waals surface area contributed by atoms with Gasteiger partial charge in [0.15, 0.2) is 6.61 Å². The lowest BCUT2D eigenvalue weighted by Crippen LogP contribution is -2.30. The molecule has 0 fully saturated rings. The monoisotopic (exact) mass is 397 g/mol. The molecular formula is C18H17Cl2NO3S. The van der Waals surface area contributed by atoms with Gasteiger partial charge in [-0.1, -0.05) is 35.3 Å². The lowest BCUT2D eigenvalue weighted by molar-refractivity contribution is -0.145. The smallest absolute Gasteiger partial charge is 0.316 e. The third-order valence-electron chi connectivity index (χ3n) is 3.16. The van der Waals surface area contributed by atoms with E-state index >= 15 is 0 Å². The quantitative estimate of drug-likeness (QED) is 0.540. The molecule has 2 aromatic rings. The zero-order chi connectivity index (χ0) is 18.1. The molecule has 2 aromatic carbocycles. The molecule has 1 amide bonds. The minimum Gasteiger partial charge on any atom is -0.455 e. The molecule has 4 nitrogen and oxygen atoms in total. The number of hydrogen-bond acceptors (Lipinski definition) is 4. The van der Waals surface area contributed by atoms with E-state index < -0.39 is 5.97 Å². The third kappa shape index (κ3) is 7.82. The Hall–Kier alpha value is -1.69. The van der Waals surface area contributed by atoms with Crippen molar-refractivity contribution in [2.75, 3.05) is 18.9 Å². The van der Waals surface area contributed by atoms with Crippen LogP contribution in [0.15, 0.2) is 53.4 Å². The second kappa shape index (κ2) is 10.3. The van der Waals surface area contributed by atoms with Crippen LogP contribution < -0.4 is 5.32 Å². The van der Waals surface area contributed by atoms with Gasteiger partial charge in [-0.25, -0.2) is 0 Å². The fourth-order valence-electron chi connectivity index (χ4n) is 1.95. The van der Waals surface area contributed by atoms with Crippen LogP contribution in [0.3, 0.4) is 0 Å². The number of halogens is 2. The van der Waals surface area contributed by atoms with Gasteiger partial charge in [-0.15, -0.1) is 11.8 Å². The number of esters is 1. The van der Waals surface area contributed by atoms with E-state index in [0.29, 0.717) is 23.0 Å². The van der Waals surface area contributed by atoms with E-state index in [-0.39, 0.29) is 18.3 Å². The van der Waals surface area contributed by atoms with Gasteiger partial charge in [0.2, 0.25) is 0 Å². The van der Waals surface area contributed by atoms with Crippen molar-refractivity contribution in [2.24, 2.45) is 0 Å². The fraction of sp³-hybridized carbons (Fsp3) is 0.222. The van der Waals surface area contributed by atoms with Crippen LogP contribution in [0.1, 0.15) is 5.56 Å². The molecule has 0 atom stereocenters. The number of ether oxygens (including phenoxy) is 1. The number of thioether (sulfide) groups is 1. The predicted molar refractivity (Wildman–Crippen MR) is 101 cm³/mol. The number of carbonyl (C=O) groups is 2. The van der Waals surface area contributed by atoms with Crippen LogP contribution in [0, 0.1) is 0 Å². The van der Waals surface area contributed by atoms with Crippen LogP contribution >= 0.6 is 35.0 Å². The summed E-state index contributed by atoms with van der Waals surface area (Å²) in [6.07, 6.45) is 0.659. The van der Waals surface area contributed by atoms with Crippen LogP contribution in [0.4, 0.5) is 0 Å². The average molecular weight is 398 g/mol.